The van der Waals surface area contributed by atoms with Crippen molar-refractivity contribution in [3.05, 3.63) is 40.0 Å². The molecular weight excluding hydrogens is 425 g/mol. The average Bonchev–Trinajstić information content (AvgIpc) is 3.34. The molecule has 6 nitrogen and oxygen atoms in total. The van der Waals surface area contributed by atoms with Crippen molar-refractivity contribution >= 4 is 27.2 Å². The maximum Gasteiger partial charge on any atom is 0.435 e. The largest absolute Gasteiger partial charge is 0.435 e. The van der Waals surface area contributed by atoms with Gasteiger partial charge >= 0.3 is 6.18 Å². The monoisotopic (exact) mass is 448 g/mol. The average molecular weight is 449 g/mol. The normalized spacial score (nSPS) is 17.6. The van der Waals surface area contributed by atoms with E-state index in [4.69, 9.17) is 0 Å². The molecule has 0 saturated carbocycles. The molecule has 0 aromatic carbocycles. The van der Waals surface area contributed by atoms with E-state index in [1.54, 1.807) is 29.1 Å². The molecule has 1 atom stereocenters. The van der Waals surface area contributed by atoms with E-state index in [0.29, 0.717) is 23.1 Å². The molecule has 0 N–H and O–H groups in total. The number of hydrogen-bond acceptors (Lipinski definition) is 5. The van der Waals surface area contributed by atoms with Crippen LogP contribution in [-0.2, 0) is 25.6 Å². The van der Waals surface area contributed by atoms with Gasteiger partial charge in [0.25, 0.3) is 0 Å². The van der Waals surface area contributed by atoms with E-state index >= 15 is 0 Å². The summed E-state index contributed by atoms with van der Waals surface area (Å²) < 4.78 is 41.8. The Bertz CT molecular complexity index is 1290. The van der Waals surface area contributed by atoms with Crippen LogP contribution in [0.1, 0.15) is 54.8 Å². The molecular formula is C21H23F3N6S. The summed E-state index contributed by atoms with van der Waals surface area (Å²) >= 11 is 1.72. The number of aryl methyl sites for hydroxylation is 2. The van der Waals surface area contributed by atoms with Gasteiger partial charge in [-0.3, -0.25) is 4.68 Å². The van der Waals surface area contributed by atoms with E-state index in [-0.39, 0.29) is 12.0 Å². The van der Waals surface area contributed by atoms with E-state index in [9.17, 15) is 13.2 Å². The molecule has 10 heteroatoms. The zero-order chi connectivity index (χ0) is 22.1. The Morgan fingerprint density at radius 2 is 1.97 bits per heavy atom. The van der Waals surface area contributed by atoms with Gasteiger partial charge in [-0.2, -0.15) is 18.3 Å². The topological polar surface area (TPSA) is 60.9 Å². The third-order valence-corrected chi connectivity index (χ3v) is 7.38. The third-order valence-electron chi connectivity index (χ3n) is 6.22. The van der Waals surface area contributed by atoms with Crippen LogP contribution < -0.4 is 0 Å². The number of alkyl halides is 3. The molecule has 4 aromatic rings. The first-order valence-electron chi connectivity index (χ1n) is 10.3. The third kappa shape index (κ3) is 3.50. The smallest absolute Gasteiger partial charge is 0.262 e. The zero-order valence-corrected chi connectivity index (χ0v) is 18.6. The van der Waals surface area contributed by atoms with Gasteiger partial charge in [-0.25, -0.2) is 14.5 Å². The van der Waals surface area contributed by atoms with E-state index in [2.05, 4.69) is 40.9 Å². The molecule has 0 saturated heterocycles. The van der Waals surface area contributed by atoms with Crippen molar-refractivity contribution in [3.8, 4) is 0 Å². The van der Waals surface area contributed by atoms with E-state index in [0.717, 1.165) is 35.5 Å². The van der Waals surface area contributed by atoms with Gasteiger partial charge in [0.2, 0.25) is 0 Å². The highest BCUT2D eigenvalue weighted by Gasteiger charge is 2.35. The van der Waals surface area contributed by atoms with Crippen LogP contribution in [0.4, 0.5) is 13.2 Å². The first kappa shape index (κ1) is 20.4. The number of rotatable bonds is 2. The second-order valence-corrected chi connectivity index (χ2v) is 10.4. The number of hydrogen-bond donors (Lipinski definition) is 0. The molecule has 1 aliphatic rings. The number of aromatic nitrogens is 6. The van der Waals surface area contributed by atoms with Crippen molar-refractivity contribution in [2.24, 2.45) is 11.3 Å². The Hall–Kier alpha value is -2.49. The second kappa shape index (κ2) is 6.75. The lowest BCUT2D eigenvalue weighted by Gasteiger charge is -2.33. The molecule has 4 heterocycles. The van der Waals surface area contributed by atoms with Gasteiger partial charge in [-0.15, -0.1) is 16.4 Å². The standard InChI is InChI=1S/C21H23F3N6S/c1-11-7-15(21(22,23)24)27-29(11)9-16-26-18-17-13-6-5-12(20(2,3)4)8-14(13)31-19(17)25-10-30(18)28-16/h7,10,12H,5-6,8-9H2,1-4H3/t12-/m0/s1. The number of halogens is 3. The predicted octanol–water partition coefficient (Wildman–Crippen LogP) is 5.06. The fraction of sp³-hybridized carbons (Fsp3) is 0.524. The molecule has 0 fully saturated rings. The van der Waals surface area contributed by atoms with Crippen molar-refractivity contribution in [1.29, 1.82) is 0 Å². The summed E-state index contributed by atoms with van der Waals surface area (Å²) in [6, 6.07) is 1.04. The van der Waals surface area contributed by atoms with Crippen LogP contribution in [-0.4, -0.2) is 29.4 Å². The summed E-state index contributed by atoms with van der Waals surface area (Å²) in [7, 11) is 0. The van der Waals surface area contributed by atoms with Gasteiger partial charge in [0.05, 0.1) is 5.39 Å². The Kier molecular flexibility index (Phi) is 4.45. The first-order valence-corrected chi connectivity index (χ1v) is 11.1. The Morgan fingerprint density at radius 1 is 1.19 bits per heavy atom. The molecule has 31 heavy (non-hydrogen) atoms. The lowest BCUT2D eigenvalue weighted by Crippen LogP contribution is -2.26. The minimum absolute atomic E-state index is 0.0729. The molecule has 164 valence electrons. The van der Waals surface area contributed by atoms with Gasteiger partial charge in [0.15, 0.2) is 17.2 Å². The molecule has 0 aliphatic heterocycles. The van der Waals surface area contributed by atoms with Crippen molar-refractivity contribution in [2.75, 3.05) is 0 Å². The van der Waals surface area contributed by atoms with Crippen LogP contribution in [0.25, 0.3) is 15.9 Å². The minimum atomic E-state index is -4.47. The minimum Gasteiger partial charge on any atom is -0.262 e. The Morgan fingerprint density at radius 3 is 2.65 bits per heavy atom. The molecule has 1 aliphatic carbocycles. The van der Waals surface area contributed by atoms with Gasteiger partial charge in [0, 0.05) is 10.6 Å². The molecule has 5 rings (SSSR count). The first-order chi connectivity index (χ1) is 14.5. The van der Waals surface area contributed by atoms with Crippen LogP contribution in [0, 0.1) is 18.3 Å². The van der Waals surface area contributed by atoms with Gasteiger partial charge in [-0.05, 0) is 49.1 Å². The van der Waals surface area contributed by atoms with Crippen molar-refractivity contribution < 1.29 is 13.2 Å². The van der Waals surface area contributed by atoms with Gasteiger partial charge < -0.3 is 0 Å². The van der Waals surface area contributed by atoms with Crippen LogP contribution in [0.3, 0.4) is 0 Å². The van der Waals surface area contributed by atoms with Crippen LogP contribution in [0.2, 0.25) is 0 Å². The zero-order valence-electron chi connectivity index (χ0n) is 17.8. The van der Waals surface area contributed by atoms with Crippen molar-refractivity contribution in [1.82, 2.24) is 29.4 Å². The quantitative estimate of drug-likeness (QED) is 0.430. The fourth-order valence-electron chi connectivity index (χ4n) is 4.37. The summed E-state index contributed by atoms with van der Waals surface area (Å²) in [5.41, 5.74) is 1.78. The number of thiophene rings is 1. The van der Waals surface area contributed by atoms with E-state index in [1.165, 1.54) is 15.1 Å². The second-order valence-electron chi connectivity index (χ2n) is 9.36. The van der Waals surface area contributed by atoms with Gasteiger partial charge in [-0.1, -0.05) is 20.8 Å². The van der Waals surface area contributed by atoms with E-state index < -0.39 is 11.9 Å². The Balaban J connectivity index is 1.53. The molecule has 0 radical (unpaired) electrons. The van der Waals surface area contributed by atoms with Gasteiger partial charge in [0.1, 0.15) is 17.7 Å². The summed E-state index contributed by atoms with van der Waals surface area (Å²) in [4.78, 5) is 11.6. The van der Waals surface area contributed by atoms with Crippen LogP contribution in [0.5, 0.6) is 0 Å². The summed E-state index contributed by atoms with van der Waals surface area (Å²) in [5.74, 6) is 1.04. The van der Waals surface area contributed by atoms with Crippen LogP contribution >= 0.6 is 11.3 Å². The maximum absolute atomic E-state index is 13.0. The lowest BCUT2D eigenvalue weighted by molar-refractivity contribution is -0.141. The van der Waals surface area contributed by atoms with Crippen LogP contribution in [0.15, 0.2) is 12.4 Å². The number of fused-ring (bicyclic) bond motifs is 5. The Labute approximate surface area is 181 Å². The highest BCUT2D eigenvalue weighted by Crippen LogP contribution is 2.43. The summed E-state index contributed by atoms with van der Waals surface area (Å²) in [6.45, 7) is 8.54. The SMILES string of the molecule is Cc1cc(C(F)(F)F)nn1Cc1nc2c3c4c(sc3ncn2n1)C[C@@H](C(C)(C)C)CC4. The molecule has 4 aromatic heterocycles. The summed E-state index contributed by atoms with van der Waals surface area (Å²) in [6.07, 6.45) is 0.304. The predicted molar refractivity (Wildman–Crippen MR) is 112 cm³/mol. The maximum atomic E-state index is 13.0. The molecule has 0 unspecified atom stereocenters. The van der Waals surface area contributed by atoms with E-state index in [1.807, 2.05) is 0 Å². The highest BCUT2D eigenvalue weighted by molar-refractivity contribution is 7.19. The van der Waals surface area contributed by atoms with Crippen molar-refractivity contribution in [2.45, 2.75) is 59.7 Å². The fourth-order valence-corrected chi connectivity index (χ4v) is 5.63. The highest BCUT2D eigenvalue weighted by atomic mass is 32.1. The summed E-state index contributed by atoms with van der Waals surface area (Å²) in [5, 5.41) is 9.18. The van der Waals surface area contributed by atoms with Crippen molar-refractivity contribution in [3.63, 3.8) is 0 Å². The number of nitrogens with zero attached hydrogens (tertiary/aromatic N) is 6. The molecule has 0 amide bonds. The molecule has 0 bridgehead atoms. The lowest BCUT2D eigenvalue weighted by atomic mass is 9.72. The molecule has 0 spiro atoms.